The van der Waals surface area contributed by atoms with Gasteiger partial charge in [-0.2, -0.15) is 0 Å². The summed E-state index contributed by atoms with van der Waals surface area (Å²) in [5.74, 6) is -0.145. The second-order valence-corrected chi connectivity index (χ2v) is 8.67. The minimum atomic E-state index is -0.765. The number of carbonyl (C=O) groups is 3. The Morgan fingerprint density at radius 2 is 2.00 bits per heavy atom. The molecule has 1 fully saturated rings. The molecule has 1 aliphatic heterocycles. The molecular formula is C21H25ClN4O4S. The largest absolute Gasteiger partial charge is 0.447 e. The number of halogens is 1. The summed E-state index contributed by atoms with van der Waals surface area (Å²) < 4.78 is 5.53. The smallest absolute Gasteiger partial charge is 0.412 e. The Morgan fingerprint density at radius 3 is 2.61 bits per heavy atom. The maximum Gasteiger partial charge on any atom is 0.412 e. The highest BCUT2D eigenvalue weighted by Crippen LogP contribution is 2.31. The van der Waals surface area contributed by atoms with Gasteiger partial charge in [-0.25, -0.2) is 4.79 Å². The molecule has 1 aromatic carbocycles. The van der Waals surface area contributed by atoms with Crippen LogP contribution < -0.4 is 11.1 Å². The van der Waals surface area contributed by atoms with Crippen LogP contribution >= 0.6 is 22.9 Å². The lowest BCUT2D eigenvalue weighted by Gasteiger charge is -2.46. The predicted molar refractivity (Wildman–Crippen MR) is 120 cm³/mol. The van der Waals surface area contributed by atoms with Crippen LogP contribution in [0, 0.1) is 0 Å². The average molecular weight is 465 g/mol. The van der Waals surface area contributed by atoms with E-state index in [1.807, 2.05) is 29.6 Å². The number of nitrogens with zero attached hydrogens (tertiary/aromatic N) is 2. The molecule has 1 saturated heterocycles. The highest BCUT2D eigenvalue weighted by molar-refractivity contribution is 7.14. The van der Waals surface area contributed by atoms with Crippen molar-refractivity contribution in [3.63, 3.8) is 0 Å². The van der Waals surface area contributed by atoms with Crippen molar-refractivity contribution in [1.29, 1.82) is 0 Å². The number of hydrogen-bond acceptors (Lipinski definition) is 6. The van der Waals surface area contributed by atoms with Gasteiger partial charge in [-0.1, -0.05) is 29.8 Å². The number of anilines is 1. The van der Waals surface area contributed by atoms with E-state index in [1.54, 1.807) is 21.9 Å². The van der Waals surface area contributed by atoms with E-state index in [0.29, 0.717) is 36.0 Å². The molecule has 0 radical (unpaired) electrons. The SMILES string of the molecule is NCC(=O)N1CCC(COC(=O)Nc2cccs2)(N(C=O)Cc2ccccc2Cl)CC1. The van der Waals surface area contributed by atoms with Gasteiger partial charge in [0.15, 0.2) is 0 Å². The molecule has 31 heavy (non-hydrogen) atoms. The standard InChI is InChI=1S/C21H25ClN4O4S/c22-17-5-2-1-4-16(17)13-26(15-27)21(7-9-25(10-8-21)19(28)12-23)14-30-20(29)24-18-6-3-11-31-18/h1-6,11,15H,7-10,12-14,23H2,(H,24,29). The van der Waals surface area contributed by atoms with Crippen LogP contribution in [0.5, 0.6) is 0 Å². The number of ether oxygens (including phenoxy) is 1. The highest BCUT2D eigenvalue weighted by Gasteiger charge is 2.42. The number of amides is 3. The lowest BCUT2D eigenvalue weighted by Crippen LogP contribution is -2.59. The molecule has 0 bridgehead atoms. The van der Waals surface area contributed by atoms with Crippen LogP contribution in [0.15, 0.2) is 41.8 Å². The molecule has 2 aromatic rings. The Hall–Kier alpha value is -2.62. The second kappa shape index (κ2) is 10.6. The molecule has 0 aliphatic carbocycles. The summed E-state index contributed by atoms with van der Waals surface area (Å²) in [6, 6.07) is 10.9. The first kappa shape index (κ1) is 23.1. The van der Waals surface area contributed by atoms with Gasteiger partial charge in [0.05, 0.1) is 17.1 Å². The number of nitrogens with two attached hydrogens (primary N) is 1. The van der Waals surface area contributed by atoms with Crippen molar-refractivity contribution in [3.05, 3.63) is 52.4 Å². The van der Waals surface area contributed by atoms with Gasteiger partial charge in [-0.05, 0) is 42.0 Å². The fourth-order valence-corrected chi connectivity index (χ4v) is 4.43. The van der Waals surface area contributed by atoms with Crippen molar-refractivity contribution >= 4 is 46.3 Å². The summed E-state index contributed by atoms with van der Waals surface area (Å²) in [4.78, 5) is 39.7. The van der Waals surface area contributed by atoms with E-state index in [4.69, 9.17) is 22.1 Å². The molecule has 0 unspecified atom stereocenters. The Kier molecular flexibility index (Phi) is 7.89. The summed E-state index contributed by atoms with van der Waals surface area (Å²) in [5, 5.41) is 5.75. The third-order valence-electron chi connectivity index (χ3n) is 5.47. The van der Waals surface area contributed by atoms with E-state index in [9.17, 15) is 14.4 Å². The molecule has 3 rings (SSSR count). The molecule has 0 saturated carbocycles. The summed E-state index contributed by atoms with van der Waals surface area (Å²) in [7, 11) is 0. The molecule has 0 atom stereocenters. The zero-order chi connectivity index (χ0) is 22.3. The predicted octanol–water partition coefficient (Wildman–Crippen LogP) is 2.93. The number of thiophene rings is 1. The molecule has 1 aromatic heterocycles. The van der Waals surface area contributed by atoms with Crippen LogP contribution in [0.3, 0.4) is 0 Å². The van der Waals surface area contributed by atoms with Gasteiger partial charge < -0.3 is 20.3 Å². The lowest BCUT2D eigenvalue weighted by molar-refractivity contribution is -0.137. The normalized spacial score (nSPS) is 15.2. The number of benzene rings is 1. The zero-order valence-corrected chi connectivity index (χ0v) is 18.5. The third-order valence-corrected chi connectivity index (χ3v) is 6.63. The molecule has 3 N–H and O–H groups in total. The quantitative estimate of drug-likeness (QED) is 0.584. The van der Waals surface area contributed by atoms with E-state index in [2.05, 4.69) is 5.32 Å². The first-order valence-electron chi connectivity index (χ1n) is 9.88. The molecule has 0 spiro atoms. The molecule has 1 aliphatic rings. The first-order valence-corrected chi connectivity index (χ1v) is 11.1. The number of likely N-dealkylation sites (tertiary alicyclic amines) is 1. The van der Waals surface area contributed by atoms with Crippen molar-refractivity contribution < 1.29 is 19.1 Å². The fourth-order valence-electron chi connectivity index (χ4n) is 3.63. The van der Waals surface area contributed by atoms with Crippen LogP contribution in [0.25, 0.3) is 0 Å². The van der Waals surface area contributed by atoms with E-state index in [0.717, 1.165) is 12.0 Å². The molecule has 2 heterocycles. The van der Waals surface area contributed by atoms with E-state index < -0.39 is 11.6 Å². The average Bonchev–Trinajstić information content (AvgIpc) is 3.30. The van der Waals surface area contributed by atoms with Crippen molar-refractivity contribution in [2.45, 2.75) is 24.9 Å². The first-order chi connectivity index (χ1) is 15.0. The lowest BCUT2D eigenvalue weighted by atomic mass is 9.86. The summed E-state index contributed by atoms with van der Waals surface area (Å²) in [6.45, 7) is 1.03. The Labute approximate surface area is 189 Å². The molecule has 166 valence electrons. The molecular weight excluding hydrogens is 440 g/mol. The Morgan fingerprint density at radius 1 is 1.26 bits per heavy atom. The number of nitrogens with one attached hydrogen (secondary N) is 1. The molecule has 8 nitrogen and oxygen atoms in total. The maximum atomic E-state index is 12.3. The van der Waals surface area contributed by atoms with Gasteiger partial charge in [-0.3, -0.25) is 14.9 Å². The maximum absolute atomic E-state index is 12.3. The number of carbonyl (C=O) groups excluding carboxylic acids is 3. The topological polar surface area (TPSA) is 105 Å². The number of rotatable bonds is 8. The minimum Gasteiger partial charge on any atom is -0.447 e. The van der Waals surface area contributed by atoms with E-state index >= 15 is 0 Å². The number of hydrogen-bond donors (Lipinski definition) is 2. The van der Waals surface area contributed by atoms with Crippen molar-refractivity contribution in [3.8, 4) is 0 Å². The van der Waals surface area contributed by atoms with Crippen molar-refractivity contribution in [1.82, 2.24) is 9.80 Å². The van der Waals surface area contributed by atoms with Crippen molar-refractivity contribution in [2.24, 2.45) is 5.73 Å². The summed E-state index contributed by atoms with van der Waals surface area (Å²) in [5.41, 5.74) is 5.52. The summed E-state index contributed by atoms with van der Waals surface area (Å²) >= 11 is 7.68. The van der Waals surface area contributed by atoms with Gasteiger partial charge in [0.2, 0.25) is 12.3 Å². The van der Waals surface area contributed by atoms with Gasteiger partial charge in [0.1, 0.15) is 6.61 Å². The molecule has 10 heteroatoms. The van der Waals surface area contributed by atoms with Crippen LogP contribution in [0.1, 0.15) is 18.4 Å². The fraction of sp³-hybridized carbons (Fsp3) is 0.381. The van der Waals surface area contributed by atoms with Crippen LogP contribution in [0.2, 0.25) is 5.02 Å². The zero-order valence-electron chi connectivity index (χ0n) is 17.0. The minimum absolute atomic E-state index is 0.00193. The van der Waals surface area contributed by atoms with Gasteiger partial charge in [-0.15, -0.1) is 11.3 Å². The van der Waals surface area contributed by atoms with Crippen molar-refractivity contribution in [2.75, 3.05) is 31.6 Å². The molecule has 3 amide bonds. The number of piperidine rings is 1. The van der Waals surface area contributed by atoms with E-state index in [-0.39, 0.29) is 25.6 Å². The third kappa shape index (κ3) is 5.75. The van der Waals surface area contributed by atoms with Gasteiger partial charge >= 0.3 is 6.09 Å². The van der Waals surface area contributed by atoms with Crippen LogP contribution in [-0.4, -0.2) is 60.0 Å². The second-order valence-electron chi connectivity index (χ2n) is 7.31. The van der Waals surface area contributed by atoms with Gasteiger partial charge in [0.25, 0.3) is 0 Å². The van der Waals surface area contributed by atoms with E-state index in [1.165, 1.54) is 11.3 Å². The Balaban J connectivity index is 1.76. The monoisotopic (exact) mass is 464 g/mol. The van der Waals surface area contributed by atoms with Gasteiger partial charge in [0, 0.05) is 24.7 Å². The Bertz CT molecular complexity index is 901. The summed E-state index contributed by atoms with van der Waals surface area (Å²) in [6.07, 6.45) is 1.07. The van der Waals surface area contributed by atoms with Crippen LogP contribution in [-0.2, 0) is 20.9 Å². The highest BCUT2D eigenvalue weighted by atomic mass is 35.5. The van der Waals surface area contributed by atoms with Crippen LogP contribution in [0.4, 0.5) is 9.80 Å².